The van der Waals surface area contributed by atoms with Crippen molar-refractivity contribution >= 4 is 22.7 Å². The van der Waals surface area contributed by atoms with E-state index < -0.39 is 11.9 Å². The van der Waals surface area contributed by atoms with Gasteiger partial charge in [-0.3, -0.25) is 0 Å². The molecule has 0 bridgehead atoms. The van der Waals surface area contributed by atoms with E-state index in [0.29, 0.717) is 10.8 Å². The highest BCUT2D eigenvalue weighted by molar-refractivity contribution is 6.00. The van der Waals surface area contributed by atoms with E-state index in [1.165, 1.54) is 24.3 Å². The first-order valence-electron chi connectivity index (χ1n) is 5.70. The molecule has 0 saturated carbocycles. The van der Waals surface area contributed by atoms with Crippen LogP contribution in [0.4, 0.5) is 0 Å². The number of phenolic OH excluding ortho intramolecular Hbond substituents is 1. The summed E-state index contributed by atoms with van der Waals surface area (Å²) in [6, 6.07) is 7.30. The highest BCUT2D eigenvalue weighted by Gasteiger charge is 2.14. The number of carboxylic acids is 1. The molecule has 2 aromatic rings. The maximum Gasteiger partial charge on any atom is 0.341 e. The van der Waals surface area contributed by atoms with Gasteiger partial charge in [-0.1, -0.05) is 6.07 Å². The first kappa shape index (κ1) is 12.9. The van der Waals surface area contributed by atoms with Gasteiger partial charge in [-0.25, -0.2) is 9.59 Å². The Bertz CT molecular complexity index is 660. The fourth-order valence-electron chi connectivity index (χ4n) is 1.79. The van der Waals surface area contributed by atoms with Crippen molar-refractivity contribution in [1.82, 2.24) is 0 Å². The first-order valence-corrected chi connectivity index (χ1v) is 5.70. The molecule has 5 nitrogen and oxygen atoms in total. The monoisotopic (exact) mass is 260 g/mol. The zero-order chi connectivity index (χ0) is 14.0. The average molecular weight is 260 g/mol. The number of esters is 1. The van der Waals surface area contributed by atoms with Crippen molar-refractivity contribution in [2.75, 3.05) is 6.61 Å². The lowest BCUT2D eigenvalue weighted by Crippen LogP contribution is -2.05. The molecule has 2 rings (SSSR count). The number of phenols is 1. The van der Waals surface area contributed by atoms with E-state index in [1.807, 2.05) is 0 Å². The van der Waals surface area contributed by atoms with Gasteiger partial charge in [0.25, 0.3) is 0 Å². The third-order valence-corrected chi connectivity index (χ3v) is 2.70. The predicted octanol–water partition coefficient (Wildman–Crippen LogP) is 2.42. The highest BCUT2D eigenvalue weighted by atomic mass is 16.5. The van der Waals surface area contributed by atoms with Crippen molar-refractivity contribution in [3.8, 4) is 5.75 Å². The van der Waals surface area contributed by atoms with Crippen LogP contribution in [-0.4, -0.2) is 28.8 Å². The van der Waals surface area contributed by atoms with E-state index >= 15 is 0 Å². The lowest BCUT2D eigenvalue weighted by Gasteiger charge is -2.07. The Labute approximate surface area is 109 Å². The molecule has 0 aliphatic rings. The Morgan fingerprint density at radius 1 is 1.16 bits per heavy atom. The highest BCUT2D eigenvalue weighted by Crippen LogP contribution is 2.26. The van der Waals surface area contributed by atoms with Gasteiger partial charge < -0.3 is 14.9 Å². The van der Waals surface area contributed by atoms with Gasteiger partial charge in [0.05, 0.1) is 12.2 Å². The minimum atomic E-state index is -1.05. The van der Waals surface area contributed by atoms with Crippen LogP contribution in [0.3, 0.4) is 0 Å². The van der Waals surface area contributed by atoms with Gasteiger partial charge in [0.2, 0.25) is 0 Å². The fourth-order valence-corrected chi connectivity index (χ4v) is 1.79. The lowest BCUT2D eigenvalue weighted by molar-refractivity contribution is 0.0523. The van der Waals surface area contributed by atoms with Crippen LogP contribution < -0.4 is 0 Å². The second-order valence-electron chi connectivity index (χ2n) is 3.96. The largest absolute Gasteiger partial charge is 0.507 e. The van der Waals surface area contributed by atoms with Gasteiger partial charge >= 0.3 is 11.9 Å². The second kappa shape index (κ2) is 4.97. The molecule has 0 saturated heterocycles. The summed E-state index contributed by atoms with van der Waals surface area (Å²) in [4.78, 5) is 22.5. The van der Waals surface area contributed by atoms with Crippen molar-refractivity contribution in [3.05, 3.63) is 41.5 Å². The Morgan fingerprint density at radius 3 is 2.53 bits per heavy atom. The number of aromatic hydroxyl groups is 1. The standard InChI is InChI=1S/C14H12O5/c1-2-19-14(18)11-6-10-5-9(13(16)17)4-3-8(10)7-12(11)15/h3-7,15H,2H2,1H3,(H,16,17). The summed E-state index contributed by atoms with van der Waals surface area (Å²) < 4.78 is 4.82. The number of hydrogen-bond acceptors (Lipinski definition) is 4. The summed E-state index contributed by atoms with van der Waals surface area (Å²) in [5.41, 5.74) is 0.143. The molecule has 0 spiro atoms. The molecular weight excluding hydrogens is 248 g/mol. The van der Waals surface area contributed by atoms with Crippen molar-refractivity contribution in [2.45, 2.75) is 6.92 Å². The van der Waals surface area contributed by atoms with Gasteiger partial charge in [-0.2, -0.15) is 0 Å². The molecule has 0 fully saturated rings. The van der Waals surface area contributed by atoms with Gasteiger partial charge in [0.1, 0.15) is 11.3 Å². The van der Waals surface area contributed by atoms with E-state index in [0.717, 1.165) is 0 Å². The number of benzene rings is 2. The SMILES string of the molecule is CCOC(=O)c1cc2cc(C(=O)O)ccc2cc1O. The Kier molecular flexibility index (Phi) is 3.37. The Hall–Kier alpha value is -2.56. The van der Waals surface area contributed by atoms with Crippen LogP contribution in [0.2, 0.25) is 0 Å². The average Bonchev–Trinajstić information content (AvgIpc) is 2.37. The lowest BCUT2D eigenvalue weighted by atomic mass is 10.0. The first-order chi connectivity index (χ1) is 9.02. The normalized spacial score (nSPS) is 10.4. The molecule has 2 N–H and O–H groups in total. The predicted molar refractivity (Wildman–Crippen MR) is 68.5 cm³/mol. The minimum absolute atomic E-state index is 0.0249. The van der Waals surface area contributed by atoms with E-state index in [9.17, 15) is 14.7 Å². The van der Waals surface area contributed by atoms with Crippen LogP contribution in [0.5, 0.6) is 5.75 Å². The van der Waals surface area contributed by atoms with E-state index in [2.05, 4.69) is 0 Å². The third kappa shape index (κ3) is 2.49. The molecule has 2 aromatic carbocycles. The number of fused-ring (bicyclic) bond motifs is 1. The van der Waals surface area contributed by atoms with Crippen LogP contribution in [0.1, 0.15) is 27.6 Å². The maximum atomic E-state index is 11.6. The van der Waals surface area contributed by atoms with Gasteiger partial charge in [-0.05, 0) is 42.0 Å². The summed E-state index contributed by atoms with van der Waals surface area (Å²) >= 11 is 0. The summed E-state index contributed by atoms with van der Waals surface area (Å²) in [6.07, 6.45) is 0. The molecular formula is C14H12O5. The van der Waals surface area contributed by atoms with Crippen LogP contribution in [0, 0.1) is 0 Å². The van der Waals surface area contributed by atoms with Crippen molar-refractivity contribution < 1.29 is 24.5 Å². The van der Waals surface area contributed by atoms with Crippen LogP contribution in [-0.2, 0) is 4.74 Å². The Morgan fingerprint density at radius 2 is 1.89 bits per heavy atom. The van der Waals surface area contributed by atoms with Gasteiger partial charge in [0.15, 0.2) is 0 Å². The number of carbonyl (C=O) groups is 2. The molecule has 0 aliphatic heterocycles. The molecule has 0 aliphatic carbocycles. The fraction of sp³-hybridized carbons (Fsp3) is 0.143. The number of carboxylic acid groups (broad SMARTS) is 1. The molecule has 5 heteroatoms. The number of hydrogen-bond donors (Lipinski definition) is 2. The van der Waals surface area contributed by atoms with Crippen LogP contribution in [0.25, 0.3) is 10.8 Å². The molecule has 0 heterocycles. The zero-order valence-corrected chi connectivity index (χ0v) is 10.2. The molecule has 0 unspecified atom stereocenters. The number of ether oxygens (including phenoxy) is 1. The van der Waals surface area contributed by atoms with Crippen LogP contribution >= 0.6 is 0 Å². The smallest absolute Gasteiger partial charge is 0.341 e. The molecule has 0 radical (unpaired) electrons. The number of carbonyl (C=O) groups excluding carboxylic acids is 1. The third-order valence-electron chi connectivity index (χ3n) is 2.70. The number of aromatic carboxylic acids is 1. The quantitative estimate of drug-likeness (QED) is 0.828. The van der Waals surface area contributed by atoms with Crippen molar-refractivity contribution in [3.63, 3.8) is 0 Å². The van der Waals surface area contributed by atoms with E-state index in [4.69, 9.17) is 9.84 Å². The van der Waals surface area contributed by atoms with Crippen molar-refractivity contribution in [1.29, 1.82) is 0 Å². The topological polar surface area (TPSA) is 83.8 Å². The molecule has 0 atom stereocenters. The molecule has 98 valence electrons. The summed E-state index contributed by atoms with van der Waals surface area (Å²) in [5.74, 6) is -1.87. The maximum absolute atomic E-state index is 11.6. The second-order valence-corrected chi connectivity index (χ2v) is 3.96. The van der Waals surface area contributed by atoms with Crippen LogP contribution in [0.15, 0.2) is 30.3 Å². The minimum Gasteiger partial charge on any atom is -0.507 e. The van der Waals surface area contributed by atoms with Gasteiger partial charge in [0, 0.05) is 0 Å². The zero-order valence-electron chi connectivity index (χ0n) is 10.2. The van der Waals surface area contributed by atoms with E-state index in [-0.39, 0.29) is 23.5 Å². The summed E-state index contributed by atoms with van der Waals surface area (Å²) in [7, 11) is 0. The van der Waals surface area contributed by atoms with Crippen molar-refractivity contribution in [2.24, 2.45) is 0 Å². The van der Waals surface area contributed by atoms with Gasteiger partial charge in [-0.15, -0.1) is 0 Å². The van der Waals surface area contributed by atoms with E-state index in [1.54, 1.807) is 13.0 Å². The molecule has 0 amide bonds. The molecule has 19 heavy (non-hydrogen) atoms. The summed E-state index contributed by atoms with van der Waals surface area (Å²) in [6.45, 7) is 1.87. The number of rotatable bonds is 3. The molecule has 0 aromatic heterocycles. The summed E-state index contributed by atoms with van der Waals surface area (Å²) in [5, 5.41) is 19.9. The Balaban J connectivity index is 2.58.